The number of carboxylic acid groups (broad SMARTS) is 1. The van der Waals surface area contributed by atoms with Gasteiger partial charge in [-0.15, -0.1) is 17.9 Å². The van der Waals surface area contributed by atoms with Crippen LogP contribution < -0.4 is 5.32 Å². The van der Waals surface area contributed by atoms with Gasteiger partial charge in [-0.25, -0.2) is 9.78 Å². The molecule has 0 aromatic carbocycles. The molecule has 1 rings (SSSR count). The Hall–Kier alpha value is -1.69. The zero-order valence-electron chi connectivity index (χ0n) is 9.47. The predicted molar refractivity (Wildman–Crippen MR) is 65.2 cm³/mol. The summed E-state index contributed by atoms with van der Waals surface area (Å²) in [6, 6.07) is -0.887. The van der Waals surface area contributed by atoms with Crippen LogP contribution in [-0.2, 0) is 4.79 Å². The maximum Gasteiger partial charge on any atom is 0.326 e. The Morgan fingerprint density at radius 3 is 2.88 bits per heavy atom. The highest BCUT2D eigenvalue weighted by atomic mass is 32.1. The second kappa shape index (κ2) is 6.15. The first-order valence-electron chi connectivity index (χ1n) is 5.11. The lowest BCUT2D eigenvalue weighted by Crippen LogP contribution is -2.40. The molecule has 0 radical (unpaired) electrons. The molecule has 1 heterocycles. The first-order chi connectivity index (χ1) is 8.06. The fraction of sp³-hybridized carbons (Fsp3) is 0.364. The van der Waals surface area contributed by atoms with E-state index in [4.69, 9.17) is 5.11 Å². The second-order valence-corrected chi connectivity index (χ2v) is 4.35. The van der Waals surface area contributed by atoms with Gasteiger partial charge in [0, 0.05) is 0 Å². The number of carbonyl (C=O) groups excluding carboxylic acids is 1. The standard InChI is InChI=1S/C11H14N2O3S/c1-3-4-5-8(11(15)16)13-10(14)9-7(2)12-6-17-9/h3,6,8H,1,4-5H2,2H3,(H,13,14)(H,15,16). The summed E-state index contributed by atoms with van der Waals surface area (Å²) >= 11 is 1.20. The number of nitrogens with one attached hydrogen (secondary N) is 1. The van der Waals surface area contributed by atoms with Gasteiger partial charge in [0.15, 0.2) is 0 Å². The summed E-state index contributed by atoms with van der Waals surface area (Å²) in [7, 11) is 0. The highest BCUT2D eigenvalue weighted by molar-refractivity contribution is 7.11. The SMILES string of the molecule is C=CCCC(NC(=O)c1scnc1C)C(=O)O. The van der Waals surface area contributed by atoms with E-state index in [-0.39, 0.29) is 5.91 Å². The van der Waals surface area contributed by atoms with Gasteiger partial charge >= 0.3 is 5.97 Å². The summed E-state index contributed by atoms with van der Waals surface area (Å²) in [4.78, 5) is 27.1. The molecule has 5 nitrogen and oxygen atoms in total. The molecule has 6 heteroatoms. The van der Waals surface area contributed by atoms with Crippen molar-refractivity contribution in [2.45, 2.75) is 25.8 Å². The Labute approximate surface area is 103 Å². The average Bonchev–Trinajstić information content (AvgIpc) is 2.70. The molecule has 2 N–H and O–H groups in total. The number of aryl methyl sites for hydroxylation is 1. The van der Waals surface area contributed by atoms with Crippen LogP contribution in [0.4, 0.5) is 0 Å². The van der Waals surface area contributed by atoms with Gasteiger partial charge in [0.25, 0.3) is 5.91 Å². The zero-order chi connectivity index (χ0) is 12.8. The fourth-order valence-corrected chi connectivity index (χ4v) is 1.99. The number of amides is 1. The van der Waals surface area contributed by atoms with Crippen molar-refractivity contribution in [3.63, 3.8) is 0 Å². The van der Waals surface area contributed by atoms with Gasteiger partial charge in [-0.2, -0.15) is 0 Å². The van der Waals surface area contributed by atoms with Gasteiger partial charge in [0.05, 0.1) is 11.2 Å². The molecule has 0 aliphatic carbocycles. The van der Waals surface area contributed by atoms with Crippen molar-refractivity contribution in [2.24, 2.45) is 0 Å². The van der Waals surface area contributed by atoms with Crippen LogP contribution in [0.15, 0.2) is 18.2 Å². The summed E-state index contributed by atoms with van der Waals surface area (Å²) in [6.07, 6.45) is 2.50. The first-order valence-corrected chi connectivity index (χ1v) is 5.99. The van der Waals surface area contributed by atoms with E-state index in [1.165, 1.54) is 11.3 Å². The van der Waals surface area contributed by atoms with E-state index in [0.29, 0.717) is 23.4 Å². The van der Waals surface area contributed by atoms with Gasteiger partial charge in [0.1, 0.15) is 10.9 Å². The number of aromatic nitrogens is 1. The lowest BCUT2D eigenvalue weighted by molar-refractivity contribution is -0.139. The maximum atomic E-state index is 11.8. The third-order valence-electron chi connectivity index (χ3n) is 2.21. The molecule has 0 saturated heterocycles. The molecule has 1 aromatic rings. The van der Waals surface area contributed by atoms with E-state index >= 15 is 0 Å². The molecule has 1 unspecified atom stereocenters. The largest absolute Gasteiger partial charge is 0.480 e. The highest BCUT2D eigenvalue weighted by Crippen LogP contribution is 2.12. The number of thiazole rings is 1. The van der Waals surface area contributed by atoms with Crippen LogP contribution in [0.25, 0.3) is 0 Å². The first kappa shape index (κ1) is 13.4. The van der Waals surface area contributed by atoms with Gasteiger partial charge in [-0.3, -0.25) is 4.79 Å². The Morgan fingerprint density at radius 2 is 2.41 bits per heavy atom. The number of allylic oxidation sites excluding steroid dienone is 1. The van der Waals surface area contributed by atoms with Crippen LogP contribution >= 0.6 is 11.3 Å². The molecule has 0 fully saturated rings. The molecular weight excluding hydrogens is 240 g/mol. The van der Waals surface area contributed by atoms with Crippen molar-refractivity contribution in [1.82, 2.24) is 10.3 Å². The molecule has 0 aliphatic heterocycles. The number of hydrogen-bond acceptors (Lipinski definition) is 4. The van der Waals surface area contributed by atoms with Crippen LogP contribution in [0, 0.1) is 6.92 Å². The van der Waals surface area contributed by atoms with Crippen LogP contribution in [0.3, 0.4) is 0 Å². The summed E-state index contributed by atoms with van der Waals surface area (Å²) in [5.74, 6) is -1.43. The molecule has 1 amide bonds. The van der Waals surface area contributed by atoms with Crippen molar-refractivity contribution in [3.05, 3.63) is 28.7 Å². The Bertz CT molecular complexity index is 428. The van der Waals surface area contributed by atoms with E-state index in [2.05, 4.69) is 16.9 Å². The third kappa shape index (κ3) is 3.67. The van der Waals surface area contributed by atoms with Crippen LogP contribution in [-0.4, -0.2) is 28.0 Å². The minimum absolute atomic E-state index is 0.336. The molecule has 0 saturated carbocycles. The van der Waals surface area contributed by atoms with E-state index in [9.17, 15) is 9.59 Å². The molecule has 1 aromatic heterocycles. The molecule has 1 atom stereocenters. The van der Waals surface area contributed by atoms with Gasteiger partial charge in [0.2, 0.25) is 0 Å². The second-order valence-electron chi connectivity index (χ2n) is 3.50. The lowest BCUT2D eigenvalue weighted by Gasteiger charge is -2.12. The number of rotatable bonds is 6. The summed E-state index contributed by atoms with van der Waals surface area (Å²) in [6.45, 7) is 5.23. The topological polar surface area (TPSA) is 79.3 Å². The Morgan fingerprint density at radius 1 is 1.71 bits per heavy atom. The fourth-order valence-electron chi connectivity index (χ4n) is 1.29. The smallest absolute Gasteiger partial charge is 0.326 e. The summed E-state index contributed by atoms with van der Waals surface area (Å²) in [5, 5.41) is 11.4. The minimum atomic E-state index is -1.04. The van der Waals surface area contributed by atoms with Crippen molar-refractivity contribution in [3.8, 4) is 0 Å². The monoisotopic (exact) mass is 254 g/mol. The number of hydrogen-bond donors (Lipinski definition) is 2. The van der Waals surface area contributed by atoms with E-state index in [1.54, 1.807) is 18.5 Å². The summed E-state index contributed by atoms with van der Waals surface area (Å²) in [5.41, 5.74) is 2.17. The maximum absolute atomic E-state index is 11.8. The van der Waals surface area contributed by atoms with Gasteiger partial charge < -0.3 is 10.4 Å². The zero-order valence-corrected chi connectivity index (χ0v) is 10.3. The Kier molecular flexibility index (Phi) is 4.84. The van der Waals surface area contributed by atoms with Crippen LogP contribution in [0.2, 0.25) is 0 Å². The molecular formula is C11H14N2O3S. The van der Waals surface area contributed by atoms with E-state index < -0.39 is 12.0 Å². The summed E-state index contributed by atoms with van der Waals surface area (Å²) < 4.78 is 0. The Balaban J connectivity index is 2.67. The normalized spacial score (nSPS) is 11.8. The number of carboxylic acids is 1. The highest BCUT2D eigenvalue weighted by Gasteiger charge is 2.21. The van der Waals surface area contributed by atoms with Crippen LogP contribution in [0.1, 0.15) is 28.2 Å². The number of carbonyl (C=O) groups is 2. The van der Waals surface area contributed by atoms with Crippen LogP contribution in [0.5, 0.6) is 0 Å². The van der Waals surface area contributed by atoms with Crippen molar-refractivity contribution in [1.29, 1.82) is 0 Å². The quantitative estimate of drug-likeness (QED) is 0.756. The third-order valence-corrected chi connectivity index (χ3v) is 3.14. The average molecular weight is 254 g/mol. The minimum Gasteiger partial charge on any atom is -0.480 e. The lowest BCUT2D eigenvalue weighted by atomic mass is 10.1. The molecule has 0 spiro atoms. The molecule has 92 valence electrons. The molecule has 0 aliphatic rings. The number of aliphatic carboxylic acids is 1. The van der Waals surface area contributed by atoms with Crippen molar-refractivity contribution >= 4 is 23.2 Å². The molecule has 0 bridgehead atoms. The predicted octanol–water partition coefficient (Wildman–Crippen LogP) is 1.60. The van der Waals surface area contributed by atoms with Crippen molar-refractivity contribution < 1.29 is 14.7 Å². The van der Waals surface area contributed by atoms with Gasteiger partial charge in [-0.05, 0) is 19.8 Å². The van der Waals surface area contributed by atoms with E-state index in [1.807, 2.05) is 0 Å². The van der Waals surface area contributed by atoms with E-state index in [0.717, 1.165) is 0 Å². The molecule has 17 heavy (non-hydrogen) atoms. The van der Waals surface area contributed by atoms with Gasteiger partial charge in [-0.1, -0.05) is 6.08 Å². The van der Waals surface area contributed by atoms with Crippen molar-refractivity contribution in [2.75, 3.05) is 0 Å². The number of nitrogens with zero attached hydrogens (tertiary/aromatic N) is 1.